The first-order valence-electron chi connectivity index (χ1n) is 6.95. The number of nitrogens with one attached hydrogen (secondary N) is 1. The number of nitrogens with two attached hydrogens (primary N) is 1. The van der Waals surface area contributed by atoms with Crippen molar-refractivity contribution >= 4 is 5.84 Å². The first-order chi connectivity index (χ1) is 9.43. The quantitative estimate of drug-likeness (QED) is 0.314. The molecule has 0 saturated carbocycles. The zero-order valence-electron chi connectivity index (χ0n) is 11.2. The van der Waals surface area contributed by atoms with Gasteiger partial charge < -0.3 is 16.3 Å². The van der Waals surface area contributed by atoms with Gasteiger partial charge in [-0.1, -0.05) is 11.6 Å². The molecule has 116 valence electrons. The molecular weight excluding hydrogens is 273 g/mol. The Hall–Kier alpha value is -1.02. The van der Waals surface area contributed by atoms with Gasteiger partial charge in [-0.25, -0.2) is 0 Å². The highest BCUT2D eigenvalue weighted by molar-refractivity contribution is 5.83. The van der Waals surface area contributed by atoms with Gasteiger partial charge in [-0.15, -0.1) is 0 Å². The lowest BCUT2D eigenvalue weighted by Gasteiger charge is -2.33. The Labute approximate surface area is 116 Å². The minimum atomic E-state index is -4.51. The lowest BCUT2D eigenvalue weighted by atomic mass is 9.98. The predicted molar refractivity (Wildman–Crippen MR) is 68.6 cm³/mol. The van der Waals surface area contributed by atoms with Crippen LogP contribution in [-0.2, 0) is 0 Å². The third-order valence-electron chi connectivity index (χ3n) is 4.31. The fourth-order valence-corrected chi connectivity index (χ4v) is 3.21. The van der Waals surface area contributed by atoms with E-state index in [2.05, 4.69) is 15.4 Å². The normalized spacial score (nSPS) is 30.2. The first kappa shape index (κ1) is 15.4. The topological polar surface area (TPSA) is 73.9 Å². The van der Waals surface area contributed by atoms with Gasteiger partial charge in [0.1, 0.15) is 5.92 Å². The van der Waals surface area contributed by atoms with E-state index in [0.717, 1.165) is 32.4 Å². The molecule has 0 spiro atoms. The van der Waals surface area contributed by atoms with Crippen LogP contribution in [0.3, 0.4) is 0 Å². The molecule has 2 saturated heterocycles. The van der Waals surface area contributed by atoms with Crippen LogP contribution in [0.4, 0.5) is 13.2 Å². The van der Waals surface area contributed by atoms with Crippen LogP contribution in [0.1, 0.15) is 25.7 Å². The van der Waals surface area contributed by atoms with Crippen molar-refractivity contribution in [1.29, 1.82) is 0 Å². The van der Waals surface area contributed by atoms with Crippen molar-refractivity contribution in [2.45, 2.75) is 43.9 Å². The van der Waals surface area contributed by atoms with E-state index >= 15 is 0 Å². The number of oxime groups is 1. The molecule has 0 aromatic carbocycles. The van der Waals surface area contributed by atoms with Crippen molar-refractivity contribution in [3.8, 4) is 0 Å². The van der Waals surface area contributed by atoms with Gasteiger partial charge >= 0.3 is 6.18 Å². The van der Waals surface area contributed by atoms with Crippen LogP contribution >= 0.6 is 0 Å². The Morgan fingerprint density at radius 2 is 2.10 bits per heavy atom. The Kier molecular flexibility index (Phi) is 4.74. The van der Waals surface area contributed by atoms with Crippen LogP contribution in [0.25, 0.3) is 0 Å². The van der Waals surface area contributed by atoms with E-state index in [0.29, 0.717) is 6.04 Å². The largest absolute Gasteiger partial charge is 0.409 e. The van der Waals surface area contributed by atoms with Gasteiger partial charge in [-0.2, -0.15) is 13.2 Å². The lowest BCUT2D eigenvalue weighted by molar-refractivity contribution is -0.155. The number of rotatable bonds is 4. The van der Waals surface area contributed by atoms with E-state index < -0.39 is 17.9 Å². The zero-order valence-corrected chi connectivity index (χ0v) is 11.2. The van der Waals surface area contributed by atoms with E-state index in [1.807, 2.05) is 0 Å². The minimum absolute atomic E-state index is 0.0617. The van der Waals surface area contributed by atoms with Crippen molar-refractivity contribution in [3.05, 3.63) is 0 Å². The molecule has 0 aromatic heterocycles. The van der Waals surface area contributed by atoms with Gasteiger partial charge in [0.25, 0.3) is 0 Å². The molecule has 20 heavy (non-hydrogen) atoms. The van der Waals surface area contributed by atoms with Crippen molar-refractivity contribution in [1.82, 2.24) is 10.2 Å². The molecule has 0 aromatic rings. The zero-order chi connectivity index (χ0) is 14.8. The van der Waals surface area contributed by atoms with E-state index in [9.17, 15) is 13.2 Å². The maximum Gasteiger partial charge on any atom is 0.400 e. The molecule has 8 heteroatoms. The van der Waals surface area contributed by atoms with Crippen molar-refractivity contribution in [3.63, 3.8) is 0 Å². The smallest absolute Gasteiger partial charge is 0.400 e. The highest BCUT2D eigenvalue weighted by Crippen LogP contribution is 2.29. The second-order valence-corrected chi connectivity index (χ2v) is 5.52. The molecule has 2 rings (SSSR count). The maximum atomic E-state index is 12.8. The number of amidine groups is 1. The summed E-state index contributed by atoms with van der Waals surface area (Å²) in [6.07, 6.45) is -0.335. The van der Waals surface area contributed by atoms with Crippen LogP contribution in [0.2, 0.25) is 0 Å². The Morgan fingerprint density at radius 3 is 2.75 bits per heavy atom. The molecule has 0 aliphatic carbocycles. The number of fused-ring (bicyclic) bond motifs is 1. The molecule has 0 bridgehead atoms. The standard InChI is InChI=1S/C12H21F3N4O/c13-12(14,15)8(11(16)18-20)7-17-9-4-6-19-5-2-1-3-10(9)19/h8-10,17,20H,1-7H2,(H2,16,18). The highest BCUT2D eigenvalue weighted by atomic mass is 19.4. The number of piperidine rings is 1. The second-order valence-electron chi connectivity index (χ2n) is 5.52. The monoisotopic (exact) mass is 294 g/mol. The van der Waals surface area contributed by atoms with Gasteiger partial charge in [-0.3, -0.25) is 4.90 Å². The fraction of sp³-hybridized carbons (Fsp3) is 0.917. The van der Waals surface area contributed by atoms with E-state index in [-0.39, 0.29) is 12.6 Å². The molecular formula is C12H21F3N4O. The van der Waals surface area contributed by atoms with E-state index in [1.54, 1.807) is 0 Å². The van der Waals surface area contributed by atoms with Crippen LogP contribution in [0.15, 0.2) is 5.16 Å². The summed E-state index contributed by atoms with van der Waals surface area (Å²) in [5.74, 6) is -2.73. The summed E-state index contributed by atoms with van der Waals surface area (Å²) in [4.78, 5) is 2.34. The van der Waals surface area contributed by atoms with Gasteiger partial charge in [0, 0.05) is 25.2 Å². The predicted octanol–water partition coefficient (Wildman–Crippen LogP) is 1.13. The number of halogens is 3. The summed E-state index contributed by atoms with van der Waals surface area (Å²) in [7, 11) is 0. The van der Waals surface area contributed by atoms with Gasteiger partial charge in [0.15, 0.2) is 5.84 Å². The molecule has 2 aliphatic heterocycles. The Balaban J connectivity index is 1.93. The summed E-state index contributed by atoms with van der Waals surface area (Å²) in [6.45, 7) is 1.63. The third-order valence-corrected chi connectivity index (χ3v) is 4.31. The molecule has 5 nitrogen and oxygen atoms in total. The number of nitrogens with zero attached hydrogens (tertiary/aromatic N) is 2. The van der Waals surface area contributed by atoms with Gasteiger partial charge in [0.2, 0.25) is 0 Å². The van der Waals surface area contributed by atoms with Crippen LogP contribution in [-0.4, -0.2) is 53.8 Å². The lowest BCUT2D eigenvalue weighted by Crippen LogP contribution is -2.49. The van der Waals surface area contributed by atoms with Crippen LogP contribution in [0.5, 0.6) is 0 Å². The minimum Gasteiger partial charge on any atom is -0.409 e. The third kappa shape index (κ3) is 3.35. The first-order valence-corrected chi connectivity index (χ1v) is 6.95. The summed E-state index contributed by atoms with van der Waals surface area (Å²) in [5, 5.41) is 13.9. The average Bonchev–Trinajstić information content (AvgIpc) is 2.80. The second kappa shape index (κ2) is 6.17. The molecule has 4 N–H and O–H groups in total. The Morgan fingerprint density at radius 1 is 1.35 bits per heavy atom. The van der Waals surface area contributed by atoms with E-state index in [4.69, 9.17) is 10.9 Å². The van der Waals surface area contributed by atoms with Crippen molar-refractivity contribution in [2.24, 2.45) is 16.8 Å². The average molecular weight is 294 g/mol. The summed E-state index contributed by atoms with van der Waals surface area (Å²) in [5.41, 5.74) is 5.15. The molecule has 2 fully saturated rings. The summed E-state index contributed by atoms with van der Waals surface area (Å²) >= 11 is 0. The number of hydrogen-bond donors (Lipinski definition) is 3. The molecule has 3 atom stereocenters. The van der Waals surface area contributed by atoms with Crippen molar-refractivity contribution in [2.75, 3.05) is 19.6 Å². The molecule has 0 radical (unpaired) electrons. The van der Waals surface area contributed by atoms with E-state index in [1.165, 1.54) is 6.42 Å². The molecule has 2 aliphatic rings. The van der Waals surface area contributed by atoms with Crippen LogP contribution in [0, 0.1) is 5.92 Å². The summed E-state index contributed by atoms with van der Waals surface area (Å²) in [6, 6.07) is 0.386. The number of alkyl halides is 3. The molecule has 2 heterocycles. The molecule has 0 amide bonds. The van der Waals surface area contributed by atoms with Crippen molar-refractivity contribution < 1.29 is 18.4 Å². The Bertz CT molecular complexity index is 361. The maximum absolute atomic E-state index is 12.8. The summed E-state index contributed by atoms with van der Waals surface area (Å²) < 4.78 is 38.5. The van der Waals surface area contributed by atoms with Crippen LogP contribution < -0.4 is 11.1 Å². The van der Waals surface area contributed by atoms with Gasteiger partial charge in [-0.05, 0) is 25.8 Å². The number of hydrogen-bond acceptors (Lipinski definition) is 4. The SMILES string of the molecule is NC(=NO)C(CNC1CCN2CCCCC12)C(F)(F)F. The highest BCUT2D eigenvalue weighted by Gasteiger charge is 2.44. The fourth-order valence-electron chi connectivity index (χ4n) is 3.21. The van der Waals surface area contributed by atoms with Gasteiger partial charge in [0.05, 0.1) is 0 Å². The molecule has 3 unspecified atom stereocenters.